The predicted octanol–water partition coefficient (Wildman–Crippen LogP) is 1.97. The summed E-state index contributed by atoms with van der Waals surface area (Å²) >= 11 is 0. The molecule has 0 aromatic carbocycles. The molecule has 0 saturated carbocycles. The zero-order chi connectivity index (χ0) is 13.9. The molecular weight excluding hydrogens is 236 g/mol. The molecule has 0 unspecified atom stereocenters. The molecule has 1 aromatic heterocycles. The average molecular weight is 264 g/mol. The van der Waals surface area contributed by atoms with Gasteiger partial charge in [0.25, 0.3) is 0 Å². The van der Waals surface area contributed by atoms with Crippen LogP contribution in [0.15, 0.2) is 24.4 Å². The van der Waals surface area contributed by atoms with Gasteiger partial charge in [0.15, 0.2) is 0 Å². The van der Waals surface area contributed by atoms with Crippen molar-refractivity contribution >= 4 is 5.82 Å². The van der Waals surface area contributed by atoms with Crippen LogP contribution in [0, 0.1) is 0 Å². The Morgan fingerprint density at radius 3 is 2.26 bits per heavy atom. The summed E-state index contributed by atoms with van der Waals surface area (Å²) in [4.78, 5) is 9.28. The number of anilines is 1. The smallest absolute Gasteiger partial charge is 0.128 e. The van der Waals surface area contributed by atoms with E-state index in [1.54, 1.807) is 0 Å². The highest BCUT2D eigenvalue weighted by Gasteiger charge is 2.16. The van der Waals surface area contributed by atoms with Crippen molar-refractivity contribution in [2.75, 3.05) is 44.2 Å². The van der Waals surface area contributed by atoms with Crippen molar-refractivity contribution in [1.82, 2.24) is 9.88 Å². The number of hydrogen-bond donors (Lipinski definition) is 1. The summed E-state index contributed by atoms with van der Waals surface area (Å²) in [5.74, 6) is 1.12. The van der Waals surface area contributed by atoms with Gasteiger partial charge in [0.05, 0.1) is 0 Å². The Morgan fingerprint density at radius 2 is 1.79 bits per heavy atom. The third kappa shape index (κ3) is 6.03. The molecule has 19 heavy (non-hydrogen) atoms. The molecule has 1 aliphatic rings. The summed E-state index contributed by atoms with van der Waals surface area (Å²) in [6.45, 7) is 10.9. The number of nitrogens with zero attached hydrogens (tertiary/aromatic N) is 3. The maximum atomic E-state index is 5.03. The predicted molar refractivity (Wildman–Crippen MR) is 82.5 cm³/mol. The molecule has 0 spiro atoms. The van der Waals surface area contributed by atoms with Gasteiger partial charge in [-0.1, -0.05) is 19.9 Å². The van der Waals surface area contributed by atoms with Crippen molar-refractivity contribution in [2.45, 2.75) is 26.7 Å². The molecule has 2 rings (SSSR count). The van der Waals surface area contributed by atoms with E-state index >= 15 is 0 Å². The average Bonchev–Trinajstić information content (AvgIpc) is 2.49. The third-order valence-electron chi connectivity index (χ3n) is 3.17. The fourth-order valence-corrected chi connectivity index (χ4v) is 2.06. The topological polar surface area (TPSA) is 45.4 Å². The van der Waals surface area contributed by atoms with Gasteiger partial charge in [0, 0.05) is 32.4 Å². The Bertz CT molecular complexity index is 305. The van der Waals surface area contributed by atoms with Crippen LogP contribution in [0.4, 0.5) is 5.82 Å². The minimum atomic E-state index is 0.819. The number of piperazine rings is 1. The molecule has 2 heterocycles. The van der Waals surface area contributed by atoms with Crippen LogP contribution in [0.1, 0.15) is 26.7 Å². The van der Waals surface area contributed by atoms with Crippen LogP contribution < -0.4 is 10.6 Å². The van der Waals surface area contributed by atoms with Crippen LogP contribution in [-0.2, 0) is 0 Å². The summed E-state index contributed by atoms with van der Waals surface area (Å²) in [7, 11) is 0. The van der Waals surface area contributed by atoms with E-state index in [1.165, 1.54) is 26.1 Å². The molecule has 0 aliphatic carbocycles. The van der Waals surface area contributed by atoms with Crippen molar-refractivity contribution in [1.29, 1.82) is 0 Å². The van der Waals surface area contributed by atoms with Crippen LogP contribution in [0.3, 0.4) is 0 Å². The number of hydrogen-bond acceptors (Lipinski definition) is 4. The molecule has 4 nitrogen and oxygen atoms in total. The molecule has 1 aromatic rings. The molecule has 1 saturated heterocycles. The van der Waals surface area contributed by atoms with Gasteiger partial charge >= 0.3 is 0 Å². The Balaban J connectivity index is 0.000000399. The van der Waals surface area contributed by atoms with Crippen LogP contribution in [0.2, 0.25) is 0 Å². The lowest BCUT2D eigenvalue weighted by Crippen LogP contribution is -2.46. The molecule has 1 aliphatic heterocycles. The number of nitrogens with two attached hydrogens (primary N) is 1. The quantitative estimate of drug-likeness (QED) is 0.903. The molecule has 0 radical (unpaired) electrons. The maximum absolute atomic E-state index is 5.03. The fourth-order valence-electron chi connectivity index (χ4n) is 2.06. The molecule has 0 atom stereocenters. The Kier molecular flexibility index (Phi) is 8.18. The number of rotatable bonds is 4. The van der Waals surface area contributed by atoms with Crippen LogP contribution >= 0.6 is 0 Å². The van der Waals surface area contributed by atoms with Crippen molar-refractivity contribution in [3.05, 3.63) is 24.4 Å². The van der Waals surface area contributed by atoms with E-state index in [9.17, 15) is 0 Å². The normalized spacial score (nSPS) is 15.8. The van der Waals surface area contributed by atoms with E-state index in [0.29, 0.717) is 0 Å². The monoisotopic (exact) mass is 264 g/mol. The largest absolute Gasteiger partial charge is 0.354 e. The van der Waals surface area contributed by atoms with Gasteiger partial charge in [-0.25, -0.2) is 4.98 Å². The molecule has 0 bridgehead atoms. The lowest BCUT2D eigenvalue weighted by Gasteiger charge is -2.35. The minimum Gasteiger partial charge on any atom is -0.354 e. The Labute approximate surface area is 117 Å². The van der Waals surface area contributed by atoms with Crippen molar-refractivity contribution in [2.24, 2.45) is 5.73 Å². The maximum Gasteiger partial charge on any atom is 0.128 e. The molecule has 0 amide bonds. The highest BCUT2D eigenvalue weighted by Crippen LogP contribution is 2.12. The first kappa shape index (κ1) is 15.9. The van der Waals surface area contributed by atoms with Crippen molar-refractivity contribution in [3.8, 4) is 0 Å². The van der Waals surface area contributed by atoms with Gasteiger partial charge in [0.2, 0.25) is 0 Å². The zero-order valence-corrected chi connectivity index (χ0v) is 12.4. The Morgan fingerprint density at radius 1 is 1.11 bits per heavy atom. The van der Waals surface area contributed by atoms with Crippen molar-refractivity contribution in [3.63, 3.8) is 0 Å². The van der Waals surface area contributed by atoms with E-state index in [1.807, 2.05) is 12.3 Å². The first-order chi connectivity index (χ1) is 9.31. The van der Waals surface area contributed by atoms with Gasteiger partial charge in [-0.15, -0.1) is 0 Å². The van der Waals surface area contributed by atoms with Crippen molar-refractivity contribution < 1.29 is 0 Å². The highest BCUT2D eigenvalue weighted by molar-refractivity contribution is 5.38. The second-order valence-electron chi connectivity index (χ2n) is 4.81. The van der Waals surface area contributed by atoms with Gasteiger partial charge in [0.1, 0.15) is 5.82 Å². The summed E-state index contributed by atoms with van der Waals surface area (Å²) in [6, 6.07) is 6.12. The molecule has 1 fully saturated rings. The second-order valence-corrected chi connectivity index (χ2v) is 4.81. The third-order valence-corrected chi connectivity index (χ3v) is 3.17. The summed E-state index contributed by atoms with van der Waals surface area (Å²) in [6.07, 6.45) is 4.22. The van der Waals surface area contributed by atoms with Crippen LogP contribution in [-0.4, -0.2) is 49.2 Å². The van der Waals surface area contributed by atoms with Gasteiger partial charge in [-0.05, 0) is 38.1 Å². The van der Waals surface area contributed by atoms with Gasteiger partial charge in [-0.3, -0.25) is 4.90 Å². The number of aromatic nitrogens is 1. The van der Waals surface area contributed by atoms with Crippen LogP contribution in [0.25, 0.3) is 0 Å². The van der Waals surface area contributed by atoms with E-state index in [-0.39, 0.29) is 0 Å². The lowest BCUT2D eigenvalue weighted by molar-refractivity contribution is 0.258. The van der Waals surface area contributed by atoms with Gasteiger partial charge in [-0.2, -0.15) is 0 Å². The molecule has 4 heteroatoms. The number of pyridine rings is 1. The second kappa shape index (κ2) is 9.75. The standard InChI is InChI=1S/C12H19N3.C3H9N/c1-2-7-14-8-10-15(11-9-14)12-5-3-4-6-13-12;1-2-3-4/h3-6H,2,7-11H2,1H3;2-4H2,1H3. The lowest BCUT2D eigenvalue weighted by atomic mass is 10.3. The van der Waals surface area contributed by atoms with Crippen LogP contribution in [0.5, 0.6) is 0 Å². The first-order valence-electron chi connectivity index (χ1n) is 7.40. The fraction of sp³-hybridized carbons (Fsp3) is 0.667. The Hall–Kier alpha value is -1.13. The molecular formula is C15H28N4. The van der Waals surface area contributed by atoms with E-state index in [4.69, 9.17) is 5.73 Å². The van der Waals surface area contributed by atoms with E-state index in [0.717, 1.165) is 31.9 Å². The summed E-state index contributed by atoms with van der Waals surface area (Å²) in [5, 5.41) is 0. The van der Waals surface area contributed by atoms with Gasteiger partial charge < -0.3 is 10.6 Å². The first-order valence-corrected chi connectivity index (χ1v) is 7.40. The summed E-state index contributed by atoms with van der Waals surface area (Å²) < 4.78 is 0. The highest BCUT2D eigenvalue weighted by atomic mass is 15.3. The molecule has 108 valence electrons. The zero-order valence-electron chi connectivity index (χ0n) is 12.4. The summed E-state index contributed by atoms with van der Waals surface area (Å²) in [5.41, 5.74) is 5.03. The minimum absolute atomic E-state index is 0.819. The molecule has 2 N–H and O–H groups in total. The van der Waals surface area contributed by atoms with E-state index < -0.39 is 0 Å². The SMILES string of the molecule is CCCN.CCCN1CCN(c2ccccn2)CC1. The van der Waals surface area contributed by atoms with E-state index in [2.05, 4.69) is 40.8 Å².